The van der Waals surface area contributed by atoms with Crippen molar-refractivity contribution in [2.45, 2.75) is 49.5 Å². The maximum atomic E-state index is 14.4. The molecule has 15 heteroatoms. The van der Waals surface area contributed by atoms with E-state index in [-0.39, 0.29) is 34.1 Å². The van der Waals surface area contributed by atoms with Crippen molar-refractivity contribution in [3.05, 3.63) is 70.6 Å². The van der Waals surface area contributed by atoms with Gasteiger partial charge in [0.05, 0.1) is 18.0 Å². The van der Waals surface area contributed by atoms with Crippen LogP contribution < -0.4 is 10.6 Å². The molecule has 2 aromatic carbocycles. The molecule has 1 aromatic heterocycles. The zero-order chi connectivity index (χ0) is 33.3. The van der Waals surface area contributed by atoms with Gasteiger partial charge in [-0.15, -0.1) is 11.3 Å². The summed E-state index contributed by atoms with van der Waals surface area (Å²) in [5.74, 6) is -1.20. The number of rotatable bonds is 8. The van der Waals surface area contributed by atoms with Gasteiger partial charge in [-0.2, -0.15) is 8.78 Å². The lowest BCUT2D eigenvalue weighted by atomic mass is 9.89. The number of nitrogens with one attached hydrogen (secondary N) is 2. The van der Waals surface area contributed by atoms with E-state index in [0.29, 0.717) is 69.7 Å². The zero-order valence-electron chi connectivity index (χ0n) is 25.5. The fourth-order valence-electron chi connectivity index (χ4n) is 6.68. The molecule has 3 amide bonds. The van der Waals surface area contributed by atoms with Gasteiger partial charge in [0.15, 0.2) is 0 Å². The molecule has 3 saturated heterocycles. The van der Waals surface area contributed by atoms with Gasteiger partial charge in [-0.3, -0.25) is 18.9 Å². The summed E-state index contributed by atoms with van der Waals surface area (Å²) < 4.78 is 46.5. The second kappa shape index (κ2) is 13.7. The van der Waals surface area contributed by atoms with Crippen LogP contribution in [0.15, 0.2) is 54.6 Å². The Hall–Kier alpha value is -3.26. The van der Waals surface area contributed by atoms with Crippen LogP contribution in [-0.2, 0) is 24.6 Å². The predicted molar refractivity (Wildman–Crippen MR) is 171 cm³/mol. The summed E-state index contributed by atoms with van der Waals surface area (Å²) in [5, 5.41) is 6.41. The highest BCUT2D eigenvalue weighted by molar-refractivity contribution is 7.52. The second-order valence-corrected chi connectivity index (χ2v) is 15.0. The number of piperidine rings is 1. The van der Waals surface area contributed by atoms with Gasteiger partial charge in [0.25, 0.3) is 5.91 Å². The minimum atomic E-state index is -5.77. The molecule has 4 heterocycles. The standard InChI is InChI=1S/C32H37F2N4O7PS/c33-32(34,46(42,43)44)23-8-9-26-22(17-23)18-27(47-26)29(39)36-28(21-10-12-35-13-11-21)31(41)38-14-4-7-24(38)30(40)37-15-16-45-25(19-37)20-5-2-1-3-6-20/h1-3,5-6,8-9,17-18,21,24-25,28,35H,4,7,10-16,19H2,(H,36,39)(H2,42,43,44)/t24?,25?,28-/m0/s1. The third-order valence-corrected chi connectivity index (χ3v) is 11.3. The predicted octanol–water partition coefficient (Wildman–Crippen LogP) is 3.82. The fraction of sp³-hybridized carbons (Fsp3) is 0.469. The topological polar surface area (TPSA) is 149 Å². The Morgan fingerprint density at radius 1 is 1.04 bits per heavy atom. The molecule has 252 valence electrons. The van der Waals surface area contributed by atoms with Crippen molar-refractivity contribution < 1.29 is 42.3 Å². The highest BCUT2D eigenvalue weighted by Gasteiger charge is 2.50. The van der Waals surface area contributed by atoms with Crippen LogP contribution in [0.2, 0.25) is 0 Å². The Morgan fingerprint density at radius 2 is 1.79 bits per heavy atom. The van der Waals surface area contributed by atoms with E-state index in [1.165, 1.54) is 12.1 Å². The average molecular weight is 691 g/mol. The van der Waals surface area contributed by atoms with Crippen LogP contribution in [0, 0.1) is 5.92 Å². The van der Waals surface area contributed by atoms with Crippen LogP contribution in [0.4, 0.5) is 8.78 Å². The highest BCUT2D eigenvalue weighted by atomic mass is 32.1. The van der Waals surface area contributed by atoms with Gasteiger partial charge >= 0.3 is 13.3 Å². The SMILES string of the molecule is O=C(N[C@H](C(=O)N1CCCC1C(=O)N1CCOC(c2ccccc2)C1)C1CCNCC1)c1cc2cc(C(F)(F)P(=O)(O)O)ccc2s1. The summed E-state index contributed by atoms with van der Waals surface area (Å²) in [6.45, 7) is 2.90. The third kappa shape index (κ3) is 6.99. The molecular formula is C32H37F2N4O7PS. The van der Waals surface area contributed by atoms with Gasteiger partial charge in [0.2, 0.25) is 11.8 Å². The molecular weight excluding hydrogens is 653 g/mol. The summed E-state index contributed by atoms with van der Waals surface area (Å²) in [4.78, 5) is 63.6. The number of halogens is 2. The molecule has 0 aliphatic carbocycles. The number of thiophene rings is 1. The van der Waals surface area contributed by atoms with E-state index >= 15 is 0 Å². The number of hydrogen-bond acceptors (Lipinski definition) is 7. The fourth-order valence-corrected chi connectivity index (χ4v) is 8.10. The smallest absolute Gasteiger partial charge is 0.370 e. The maximum absolute atomic E-state index is 14.4. The van der Waals surface area contributed by atoms with Crippen LogP contribution in [0.1, 0.15) is 52.6 Å². The monoisotopic (exact) mass is 690 g/mol. The van der Waals surface area contributed by atoms with Crippen LogP contribution in [0.5, 0.6) is 0 Å². The van der Waals surface area contributed by atoms with E-state index < -0.39 is 36.8 Å². The van der Waals surface area contributed by atoms with E-state index in [9.17, 15) is 27.7 Å². The van der Waals surface area contributed by atoms with E-state index in [2.05, 4.69) is 10.6 Å². The van der Waals surface area contributed by atoms with E-state index in [0.717, 1.165) is 29.0 Å². The molecule has 3 aliphatic rings. The van der Waals surface area contributed by atoms with E-state index in [4.69, 9.17) is 14.5 Å². The van der Waals surface area contributed by atoms with Crippen LogP contribution in [-0.4, -0.2) is 88.7 Å². The largest absolute Gasteiger partial charge is 0.399 e. The summed E-state index contributed by atoms with van der Waals surface area (Å²) in [5.41, 5.74) is -4.26. The van der Waals surface area contributed by atoms with Crippen molar-refractivity contribution >= 4 is 46.7 Å². The van der Waals surface area contributed by atoms with Crippen molar-refractivity contribution in [1.82, 2.24) is 20.4 Å². The molecule has 3 fully saturated rings. The molecule has 0 spiro atoms. The summed E-state index contributed by atoms with van der Waals surface area (Å²) >= 11 is 1.03. The summed E-state index contributed by atoms with van der Waals surface area (Å²) in [6.07, 6.45) is 2.18. The Kier molecular flexibility index (Phi) is 9.80. The third-order valence-electron chi connectivity index (χ3n) is 9.23. The van der Waals surface area contributed by atoms with Crippen molar-refractivity contribution in [3.8, 4) is 0 Å². The summed E-state index contributed by atoms with van der Waals surface area (Å²) in [6, 6.07) is 12.7. The molecule has 3 aromatic rings. The number of fused-ring (bicyclic) bond motifs is 1. The lowest BCUT2D eigenvalue weighted by Gasteiger charge is -2.38. The quantitative estimate of drug-likeness (QED) is 0.261. The first-order chi connectivity index (χ1) is 22.4. The lowest BCUT2D eigenvalue weighted by Crippen LogP contribution is -2.58. The van der Waals surface area contributed by atoms with Crippen molar-refractivity contribution in [2.75, 3.05) is 39.3 Å². The number of alkyl halides is 2. The molecule has 47 heavy (non-hydrogen) atoms. The summed E-state index contributed by atoms with van der Waals surface area (Å²) in [7, 11) is -5.77. The molecule has 0 radical (unpaired) electrons. The minimum Gasteiger partial charge on any atom is -0.370 e. The van der Waals surface area contributed by atoms with Gasteiger partial charge in [0.1, 0.15) is 18.2 Å². The van der Waals surface area contributed by atoms with Crippen molar-refractivity contribution in [2.24, 2.45) is 5.92 Å². The molecule has 2 unspecified atom stereocenters. The molecule has 11 nitrogen and oxygen atoms in total. The number of likely N-dealkylation sites (tertiary alicyclic amines) is 1. The number of amides is 3. The molecule has 6 rings (SSSR count). The first-order valence-corrected chi connectivity index (χ1v) is 18.1. The van der Waals surface area contributed by atoms with E-state index in [1.807, 2.05) is 30.3 Å². The Balaban J connectivity index is 1.20. The average Bonchev–Trinajstić information content (AvgIpc) is 3.74. The van der Waals surface area contributed by atoms with Crippen molar-refractivity contribution in [3.63, 3.8) is 0 Å². The number of morpholine rings is 1. The number of carbonyl (C=O) groups is 3. The normalized spacial score (nSPS) is 22.0. The lowest BCUT2D eigenvalue weighted by molar-refractivity contribution is -0.150. The molecule has 4 N–H and O–H groups in total. The molecule has 3 aliphatic heterocycles. The Morgan fingerprint density at radius 3 is 2.51 bits per heavy atom. The van der Waals surface area contributed by atoms with Gasteiger partial charge in [-0.1, -0.05) is 36.4 Å². The number of benzene rings is 2. The number of carbonyl (C=O) groups excluding carboxylic acids is 3. The van der Waals surface area contributed by atoms with Gasteiger partial charge in [-0.05, 0) is 73.8 Å². The van der Waals surface area contributed by atoms with Crippen LogP contribution >= 0.6 is 18.9 Å². The zero-order valence-corrected chi connectivity index (χ0v) is 27.2. The maximum Gasteiger partial charge on any atom is 0.399 e. The van der Waals surface area contributed by atoms with Gasteiger partial charge in [-0.25, -0.2) is 0 Å². The number of ether oxygens (including phenoxy) is 1. The van der Waals surface area contributed by atoms with Gasteiger partial charge < -0.3 is 35.0 Å². The molecule has 0 bridgehead atoms. The molecule has 3 atom stereocenters. The number of hydrogen-bond donors (Lipinski definition) is 4. The van der Waals surface area contributed by atoms with Crippen LogP contribution in [0.25, 0.3) is 10.1 Å². The number of nitrogens with zero attached hydrogens (tertiary/aromatic N) is 2. The van der Waals surface area contributed by atoms with Crippen LogP contribution in [0.3, 0.4) is 0 Å². The highest BCUT2D eigenvalue weighted by Crippen LogP contribution is 2.59. The minimum absolute atomic E-state index is 0.136. The Bertz CT molecular complexity index is 1680. The van der Waals surface area contributed by atoms with Crippen molar-refractivity contribution in [1.29, 1.82) is 0 Å². The van der Waals surface area contributed by atoms with E-state index in [1.54, 1.807) is 9.80 Å². The first kappa shape index (κ1) is 33.6. The molecule has 0 saturated carbocycles. The van der Waals surface area contributed by atoms with Gasteiger partial charge in [0, 0.05) is 23.4 Å². The second-order valence-electron chi connectivity index (χ2n) is 12.2. The first-order valence-electron chi connectivity index (χ1n) is 15.7. The Labute approximate surface area is 274 Å².